The molecule has 18 heavy (non-hydrogen) atoms. The summed E-state index contributed by atoms with van der Waals surface area (Å²) in [6.45, 7) is 1.96. The lowest BCUT2D eigenvalue weighted by atomic mass is 10.1. The van der Waals surface area contributed by atoms with Gasteiger partial charge in [0, 0.05) is 4.88 Å². The maximum absolute atomic E-state index is 11.4. The molecule has 0 aromatic carbocycles. The van der Waals surface area contributed by atoms with Gasteiger partial charge in [-0.1, -0.05) is 0 Å². The van der Waals surface area contributed by atoms with Gasteiger partial charge in [-0.25, -0.2) is 4.79 Å². The Balaban J connectivity index is 2.72. The topological polar surface area (TPSA) is 110 Å². The van der Waals surface area contributed by atoms with Gasteiger partial charge in [-0.3, -0.25) is 4.79 Å². The van der Waals surface area contributed by atoms with Gasteiger partial charge in [-0.15, -0.1) is 11.3 Å². The zero-order chi connectivity index (χ0) is 13.7. The second-order valence-corrected chi connectivity index (χ2v) is 4.72. The van der Waals surface area contributed by atoms with Crippen molar-refractivity contribution < 1.29 is 24.5 Å². The van der Waals surface area contributed by atoms with Crippen molar-refractivity contribution in [2.75, 3.05) is 6.61 Å². The molecular weight excluding hydrogens is 258 g/mol. The summed E-state index contributed by atoms with van der Waals surface area (Å²) >= 11 is 1.01. The van der Waals surface area contributed by atoms with Crippen LogP contribution in [0.3, 0.4) is 0 Å². The quantitative estimate of drug-likeness (QED) is 0.641. The molecule has 100 valence electrons. The highest BCUT2D eigenvalue weighted by Crippen LogP contribution is 2.27. The number of hydrogen-bond donors (Lipinski definition) is 3. The minimum absolute atomic E-state index is 0.263. The van der Waals surface area contributed by atoms with Crippen LogP contribution < -0.4 is 5.73 Å². The van der Waals surface area contributed by atoms with E-state index in [4.69, 9.17) is 10.5 Å². The van der Waals surface area contributed by atoms with Crippen LogP contribution in [-0.4, -0.2) is 34.8 Å². The third-order valence-electron chi connectivity index (χ3n) is 2.17. The van der Waals surface area contributed by atoms with Crippen LogP contribution in [-0.2, 0) is 9.53 Å². The van der Waals surface area contributed by atoms with Crippen LogP contribution in [0.4, 0.5) is 0 Å². The first-order valence-electron chi connectivity index (χ1n) is 5.37. The number of hydrogen-bond acceptors (Lipinski definition) is 6. The Morgan fingerprint density at radius 2 is 2.11 bits per heavy atom. The largest absolute Gasteiger partial charge is 0.462 e. The Kier molecular flexibility index (Phi) is 5.26. The van der Waals surface area contributed by atoms with E-state index < -0.39 is 24.1 Å². The number of carbonyl (C=O) groups is 2. The highest BCUT2D eigenvalue weighted by Gasteiger charge is 2.23. The lowest BCUT2D eigenvalue weighted by Gasteiger charge is -2.14. The lowest BCUT2D eigenvalue weighted by molar-refractivity contribution is -0.121. The number of thiophene rings is 1. The molecule has 2 atom stereocenters. The summed E-state index contributed by atoms with van der Waals surface area (Å²) < 4.78 is 4.80. The van der Waals surface area contributed by atoms with E-state index in [1.165, 1.54) is 12.1 Å². The smallest absolute Gasteiger partial charge is 0.348 e. The molecule has 0 aliphatic heterocycles. The molecule has 0 spiro atoms. The van der Waals surface area contributed by atoms with Gasteiger partial charge in [0.1, 0.15) is 11.0 Å². The van der Waals surface area contributed by atoms with Crippen LogP contribution in [0, 0.1) is 0 Å². The Morgan fingerprint density at radius 1 is 1.44 bits per heavy atom. The van der Waals surface area contributed by atoms with Gasteiger partial charge in [0.05, 0.1) is 19.1 Å². The van der Waals surface area contributed by atoms with Crippen molar-refractivity contribution in [2.45, 2.75) is 25.6 Å². The van der Waals surface area contributed by atoms with Crippen molar-refractivity contribution in [1.29, 1.82) is 0 Å². The second kappa shape index (κ2) is 6.48. The van der Waals surface area contributed by atoms with Crippen LogP contribution in [0.25, 0.3) is 0 Å². The molecule has 0 radical (unpaired) electrons. The molecule has 0 aliphatic rings. The predicted molar refractivity (Wildman–Crippen MR) is 65.1 cm³/mol. The third-order valence-corrected chi connectivity index (χ3v) is 3.31. The normalized spacial score (nSPS) is 13.9. The van der Waals surface area contributed by atoms with E-state index in [1.54, 1.807) is 6.92 Å². The molecule has 6 nitrogen and oxygen atoms in total. The number of primary amides is 1. The molecule has 1 aromatic rings. The number of aliphatic hydroxyl groups excluding tert-OH is 2. The molecule has 1 aromatic heterocycles. The fourth-order valence-electron chi connectivity index (χ4n) is 1.33. The second-order valence-electron chi connectivity index (χ2n) is 3.61. The summed E-state index contributed by atoms with van der Waals surface area (Å²) in [5.74, 6) is -1.19. The summed E-state index contributed by atoms with van der Waals surface area (Å²) in [5, 5.41) is 19.3. The maximum Gasteiger partial charge on any atom is 0.348 e. The predicted octanol–water partition coefficient (Wildman–Crippen LogP) is 0.195. The summed E-state index contributed by atoms with van der Waals surface area (Å²) in [4.78, 5) is 22.7. The van der Waals surface area contributed by atoms with Gasteiger partial charge < -0.3 is 20.7 Å². The van der Waals surface area contributed by atoms with E-state index in [-0.39, 0.29) is 13.0 Å². The molecule has 1 rings (SSSR count). The number of ether oxygens (including phenoxy) is 1. The Morgan fingerprint density at radius 3 is 2.67 bits per heavy atom. The zero-order valence-corrected chi connectivity index (χ0v) is 10.6. The molecule has 0 fully saturated rings. The molecule has 0 saturated carbocycles. The van der Waals surface area contributed by atoms with Gasteiger partial charge in [0.15, 0.2) is 0 Å². The maximum atomic E-state index is 11.4. The van der Waals surface area contributed by atoms with Gasteiger partial charge in [-0.05, 0) is 19.1 Å². The lowest BCUT2D eigenvalue weighted by Crippen LogP contribution is -2.25. The highest BCUT2D eigenvalue weighted by molar-refractivity contribution is 7.14. The van der Waals surface area contributed by atoms with Crippen molar-refractivity contribution in [3.63, 3.8) is 0 Å². The minimum atomic E-state index is -1.28. The summed E-state index contributed by atoms with van der Waals surface area (Å²) in [7, 11) is 0. The van der Waals surface area contributed by atoms with Crippen molar-refractivity contribution >= 4 is 23.2 Å². The monoisotopic (exact) mass is 273 g/mol. The number of esters is 1. The van der Waals surface area contributed by atoms with Crippen LogP contribution >= 0.6 is 11.3 Å². The van der Waals surface area contributed by atoms with E-state index in [0.717, 1.165) is 11.3 Å². The Labute approximate surface area is 108 Å². The first-order valence-corrected chi connectivity index (χ1v) is 6.18. The number of nitrogens with two attached hydrogens (primary N) is 1. The van der Waals surface area contributed by atoms with Crippen LogP contribution in [0.1, 0.15) is 34.0 Å². The molecule has 0 bridgehead atoms. The van der Waals surface area contributed by atoms with Crippen LogP contribution in [0.2, 0.25) is 0 Å². The van der Waals surface area contributed by atoms with Crippen molar-refractivity contribution in [2.24, 2.45) is 5.73 Å². The summed E-state index contributed by atoms with van der Waals surface area (Å²) in [6, 6.07) is 3.00. The zero-order valence-electron chi connectivity index (χ0n) is 9.83. The van der Waals surface area contributed by atoms with E-state index >= 15 is 0 Å². The van der Waals surface area contributed by atoms with Gasteiger partial charge in [0.25, 0.3) is 0 Å². The number of aliphatic hydroxyl groups is 2. The molecular formula is C11H15NO5S. The van der Waals surface area contributed by atoms with Gasteiger partial charge in [0.2, 0.25) is 5.91 Å². The van der Waals surface area contributed by atoms with Crippen LogP contribution in [0.15, 0.2) is 12.1 Å². The first kappa shape index (κ1) is 14.6. The van der Waals surface area contributed by atoms with Gasteiger partial charge >= 0.3 is 5.97 Å². The third kappa shape index (κ3) is 3.80. The molecule has 1 amide bonds. The average molecular weight is 273 g/mol. The van der Waals surface area contributed by atoms with Crippen molar-refractivity contribution in [3.05, 3.63) is 21.9 Å². The molecule has 0 aliphatic carbocycles. The van der Waals surface area contributed by atoms with Crippen molar-refractivity contribution in [1.82, 2.24) is 0 Å². The Bertz CT molecular complexity index is 431. The highest BCUT2D eigenvalue weighted by atomic mass is 32.1. The first-order chi connectivity index (χ1) is 8.45. The van der Waals surface area contributed by atoms with E-state index in [1.807, 2.05) is 0 Å². The van der Waals surface area contributed by atoms with E-state index in [2.05, 4.69) is 0 Å². The van der Waals surface area contributed by atoms with E-state index in [0.29, 0.717) is 9.75 Å². The SMILES string of the molecule is CCOC(=O)c1ccc(C(O)C(O)CC(N)=O)s1. The number of rotatable bonds is 6. The summed E-state index contributed by atoms with van der Waals surface area (Å²) in [5.41, 5.74) is 4.92. The van der Waals surface area contributed by atoms with Crippen LogP contribution in [0.5, 0.6) is 0 Å². The van der Waals surface area contributed by atoms with Gasteiger partial charge in [-0.2, -0.15) is 0 Å². The average Bonchev–Trinajstić information content (AvgIpc) is 2.76. The fraction of sp³-hybridized carbons (Fsp3) is 0.455. The number of carbonyl (C=O) groups excluding carboxylic acids is 2. The van der Waals surface area contributed by atoms with E-state index in [9.17, 15) is 19.8 Å². The molecule has 0 saturated heterocycles. The molecule has 4 N–H and O–H groups in total. The Hall–Kier alpha value is -1.44. The molecule has 1 heterocycles. The number of amides is 1. The molecule has 7 heteroatoms. The molecule has 2 unspecified atom stereocenters. The minimum Gasteiger partial charge on any atom is -0.462 e. The fourth-order valence-corrected chi connectivity index (χ4v) is 2.28. The standard InChI is InChI=1S/C11H15NO5S/c1-2-17-11(16)8-4-3-7(18-8)10(15)6(13)5-9(12)14/h3-4,6,10,13,15H,2,5H2,1H3,(H2,12,14). The van der Waals surface area contributed by atoms with Crippen molar-refractivity contribution in [3.8, 4) is 0 Å². The summed E-state index contributed by atoms with van der Waals surface area (Å²) in [6.07, 6.45) is -2.87.